The molecule has 0 amide bonds. The molecule has 0 radical (unpaired) electrons. The molecule has 18 heavy (non-hydrogen) atoms. The zero-order valence-electron chi connectivity index (χ0n) is 10.7. The van der Waals surface area contributed by atoms with E-state index in [2.05, 4.69) is 21.8 Å². The van der Waals surface area contributed by atoms with E-state index in [1.54, 1.807) is 11.8 Å². The molecule has 0 aromatic carbocycles. The van der Waals surface area contributed by atoms with Crippen molar-refractivity contribution in [2.24, 2.45) is 0 Å². The number of aliphatic hydroxyl groups is 1. The van der Waals surface area contributed by atoms with Gasteiger partial charge in [0.25, 0.3) is 0 Å². The number of hydrogen-bond donors (Lipinski definition) is 2. The molecule has 0 saturated heterocycles. The van der Waals surface area contributed by atoms with Crippen molar-refractivity contribution >= 4 is 17.6 Å². The van der Waals surface area contributed by atoms with Crippen LogP contribution in [0.1, 0.15) is 24.9 Å². The first-order valence-corrected chi connectivity index (χ1v) is 6.87. The van der Waals surface area contributed by atoms with Crippen LogP contribution in [-0.2, 0) is 6.54 Å². The molecule has 2 heterocycles. The predicted octanol–water partition coefficient (Wildman–Crippen LogP) is 1.49. The highest BCUT2D eigenvalue weighted by atomic mass is 32.2. The second-order valence-corrected chi connectivity index (χ2v) is 5.32. The first-order valence-electron chi connectivity index (χ1n) is 5.88. The number of anilines is 1. The summed E-state index contributed by atoms with van der Waals surface area (Å²) in [5.74, 6) is 2.13. The van der Waals surface area contributed by atoms with Crippen LogP contribution in [0.4, 0.5) is 5.82 Å². The molecule has 0 unspecified atom stereocenters. The first-order chi connectivity index (χ1) is 8.60. The van der Waals surface area contributed by atoms with Gasteiger partial charge in [-0.2, -0.15) is 0 Å². The van der Waals surface area contributed by atoms with E-state index in [9.17, 15) is 0 Å². The van der Waals surface area contributed by atoms with Crippen molar-refractivity contribution < 1.29 is 5.11 Å². The molecule has 0 bridgehead atoms. The van der Waals surface area contributed by atoms with Gasteiger partial charge in [0.2, 0.25) is 0 Å². The number of aromatic nitrogens is 2. The summed E-state index contributed by atoms with van der Waals surface area (Å²) in [5, 5.41) is 8.99. The number of aryl methyl sites for hydroxylation is 1. The van der Waals surface area contributed by atoms with Crippen LogP contribution in [0.2, 0.25) is 0 Å². The number of aliphatic hydroxyl groups excluding tert-OH is 1. The van der Waals surface area contributed by atoms with Crippen molar-refractivity contribution in [2.45, 2.75) is 26.8 Å². The Hall–Kier alpha value is -1.27. The lowest BCUT2D eigenvalue weighted by Crippen LogP contribution is -2.18. The van der Waals surface area contributed by atoms with Gasteiger partial charge in [0, 0.05) is 29.7 Å². The Morgan fingerprint density at radius 2 is 2.22 bits per heavy atom. The minimum absolute atomic E-state index is 0.201. The number of nitrogens with zero attached hydrogens (tertiary/aromatic N) is 3. The lowest BCUT2D eigenvalue weighted by Gasteiger charge is -2.19. The van der Waals surface area contributed by atoms with Crippen LogP contribution >= 0.6 is 11.8 Å². The Morgan fingerprint density at radius 3 is 2.89 bits per heavy atom. The molecule has 6 heteroatoms. The minimum Gasteiger partial charge on any atom is -0.396 e. The summed E-state index contributed by atoms with van der Waals surface area (Å²) in [6.07, 6.45) is 0.734. The zero-order valence-corrected chi connectivity index (χ0v) is 11.5. The molecule has 1 aliphatic heterocycles. The molecule has 2 rings (SSSR count). The van der Waals surface area contributed by atoms with Crippen molar-refractivity contribution in [2.75, 3.05) is 18.2 Å². The highest BCUT2D eigenvalue weighted by molar-refractivity contribution is 8.03. The summed E-state index contributed by atoms with van der Waals surface area (Å²) in [6.45, 7) is 4.87. The first kappa shape index (κ1) is 13.2. The van der Waals surface area contributed by atoms with E-state index in [0.717, 1.165) is 24.5 Å². The predicted molar refractivity (Wildman–Crippen MR) is 73.6 cm³/mol. The summed E-state index contributed by atoms with van der Waals surface area (Å²) in [6, 6.07) is 1.81. The van der Waals surface area contributed by atoms with Crippen molar-refractivity contribution in [3.63, 3.8) is 0 Å². The summed E-state index contributed by atoms with van der Waals surface area (Å²) < 4.78 is 0. The Bertz CT molecular complexity index is 455. The topological polar surface area (TPSA) is 75.3 Å². The molecule has 1 aromatic heterocycles. The average Bonchev–Trinajstić information content (AvgIpc) is 2.61. The van der Waals surface area contributed by atoms with Gasteiger partial charge < -0.3 is 15.7 Å². The third-order valence-electron chi connectivity index (χ3n) is 2.88. The maximum atomic E-state index is 8.99. The molecule has 1 aromatic rings. The summed E-state index contributed by atoms with van der Waals surface area (Å²) in [4.78, 5) is 12.0. The average molecular weight is 266 g/mol. The van der Waals surface area contributed by atoms with E-state index < -0.39 is 0 Å². The molecule has 0 aliphatic carbocycles. The van der Waals surface area contributed by atoms with E-state index in [1.807, 2.05) is 13.0 Å². The summed E-state index contributed by atoms with van der Waals surface area (Å²) >= 11 is 1.78. The van der Waals surface area contributed by atoms with E-state index in [0.29, 0.717) is 11.6 Å². The maximum absolute atomic E-state index is 8.99. The zero-order chi connectivity index (χ0) is 13.1. The molecule has 98 valence electrons. The second-order valence-electron chi connectivity index (χ2n) is 4.28. The normalized spacial score (nSPS) is 15.6. The fourth-order valence-electron chi connectivity index (χ4n) is 1.98. The van der Waals surface area contributed by atoms with Gasteiger partial charge in [0.1, 0.15) is 11.6 Å². The quantitative estimate of drug-likeness (QED) is 0.860. The van der Waals surface area contributed by atoms with Gasteiger partial charge >= 0.3 is 0 Å². The van der Waals surface area contributed by atoms with E-state index in [-0.39, 0.29) is 6.61 Å². The second kappa shape index (κ2) is 5.58. The standard InChI is InChI=1S/C12H18N4OS/c1-8-11(3-4-17)18-7-16(8)6-10-5-12(13)15-9(2)14-10/h5,17H,3-4,6-7H2,1-2H3,(H2,13,14,15). The van der Waals surface area contributed by atoms with Crippen molar-refractivity contribution in [3.8, 4) is 0 Å². The molecule has 3 N–H and O–H groups in total. The summed E-state index contributed by atoms with van der Waals surface area (Å²) in [7, 11) is 0. The number of allylic oxidation sites excluding steroid dienone is 1. The molecule has 0 atom stereocenters. The minimum atomic E-state index is 0.201. The molecule has 0 fully saturated rings. The molecule has 0 saturated carbocycles. The molecular weight excluding hydrogens is 248 g/mol. The lowest BCUT2D eigenvalue weighted by molar-refractivity contribution is 0.300. The van der Waals surface area contributed by atoms with E-state index >= 15 is 0 Å². The summed E-state index contributed by atoms with van der Waals surface area (Å²) in [5.41, 5.74) is 7.88. The van der Waals surface area contributed by atoms with Crippen LogP contribution < -0.4 is 5.73 Å². The maximum Gasteiger partial charge on any atom is 0.127 e. The molecular formula is C12H18N4OS. The van der Waals surface area contributed by atoms with Crippen molar-refractivity contribution in [1.82, 2.24) is 14.9 Å². The molecule has 0 spiro atoms. The van der Waals surface area contributed by atoms with Crippen LogP contribution in [0.15, 0.2) is 16.7 Å². The number of nitrogens with two attached hydrogens (primary N) is 1. The van der Waals surface area contributed by atoms with Crippen LogP contribution in [0, 0.1) is 6.92 Å². The van der Waals surface area contributed by atoms with E-state index in [1.165, 1.54) is 10.6 Å². The van der Waals surface area contributed by atoms with Gasteiger partial charge in [-0.1, -0.05) is 0 Å². The SMILES string of the molecule is CC1=C(CCO)SCN1Cc1cc(N)nc(C)n1. The van der Waals surface area contributed by atoms with E-state index in [4.69, 9.17) is 10.8 Å². The number of nitrogen functional groups attached to an aromatic ring is 1. The third-order valence-corrected chi connectivity index (χ3v) is 4.16. The molecule has 1 aliphatic rings. The van der Waals surface area contributed by atoms with Gasteiger partial charge in [-0.25, -0.2) is 9.97 Å². The number of rotatable bonds is 4. The fraction of sp³-hybridized carbons (Fsp3) is 0.500. The number of hydrogen-bond acceptors (Lipinski definition) is 6. The van der Waals surface area contributed by atoms with Crippen LogP contribution in [-0.4, -0.2) is 32.5 Å². The van der Waals surface area contributed by atoms with Gasteiger partial charge in [-0.05, 0) is 13.8 Å². The van der Waals surface area contributed by atoms with Crippen LogP contribution in [0.3, 0.4) is 0 Å². The molecule has 5 nitrogen and oxygen atoms in total. The highest BCUT2D eigenvalue weighted by Crippen LogP contribution is 2.34. The van der Waals surface area contributed by atoms with Gasteiger partial charge in [-0.3, -0.25) is 0 Å². The smallest absolute Gasteiger partial charge is 0.127 e. The Balaban J connectivity index is 2.10. The Labute approximate surface area is 111 Å². The number of thioether (sulfide) groups is 1. The van der Waals surface area contributed by atoms with Gasteiger partial charge in [0.15, 0.2) is 0 Å². The van der Waals surface area contributed by atoms with Crippen LogP contribution in [0.5, 0.6) is 0 Å². The highest BCUT2D eigenvalue weighted by Gasteiger charge is 2.19. The fourth-order valence-corrected chi connectivity index (χ4v) is 3.15. The van der Waals surface area contributed by atoms with Crippen molar-refractivity contribution in [3.05, 3.63) is 28.2 Å². The van der Waals surface area contributed by atoms with Crippen molar-refractivity contribution in [1.29, 1.82) is 0 Å². The Morgan fingerprint density at radius 1 is 1.44 bits per heavy atom. The Kier molecular flexibility index (Phi) is 4.08. The lowest BCUT2D eigenvalue weighted by atomic mass is 10.3. The van der Waals surface area contributed by atoms with Crippen LogP contribution in [0.25, 0.3) is 0 Å². The largest absolute Gasteiger partial charge is 0.396 e. The third kappa shape index (κ3) is 2.94. The van der Waals surface area contributed by atoms with Gasteiger partial charge in [0.05, 0.1) is 18.1 Å². The van der Waals surface area contributed by atoms with Gasteiger partial charge in [-0.15, -0.1) is 11.8 Å². The monoisotopic (exact) mass is 266 g/mol.